The molecule has 0 saturated heterocycles. The molecule has 0 saturated carbocycles. The molecule has 0 spiro atoms. The van der Waals surface area contributed by atoms with Crippen LogP contribution in [0.4, 0.5) is 0 Å². The summed E-state index contributed by atoms with van der Waals surface area (Å²) in [6, 6.07) is 0. The van der Waals surface area contributed by atoms with Gasteiger partial charge in [-0.05, 0) is 19.8 Å². The third kappa shape index (κ3) is 6.09. The lowest BCUT2D eigenvalue weighted by Gasteiger charge is -2.27. The molecule has 1 heteroatoms. The first-order valence-corrected chi connectivity index (χ1v) is 5.73. The van der Waals surface area contributed by atoms with Crippen molar-refractivity contribution in [3.8, 4) is 0 Å². The van der Waals surface area contributed by atoms with Crippen molar-refractivity contribution >= 4 is 0 Å². The van der Waals surface area contributed by atoms with Crippen LogP contribution in [0.25, 0.3) is 0 Å². The molecular weight excluding hydrogens is 160 g/mol. The molecule has 13 heavy (non-hydrogen) atoms. The zero-order valence-corrected chi connectivity index (χ0v) is 9.86. The summed E-state index contributed by atoms with van der Waals surface area (Å²) in [4.78, 5) is 0. The maximum Gasteiger partial charge on any atom is 0.0650 e. The second-order valence-corrected chi connectivity index (χ2v) is 4.21. The lowest BCUT2D eigenvalue weighted by Crippen LogP contribution is -2.26. The van der Waals surface area contributed by atoms with E-state index in [1.54, 1.807) is 0 Å². The number of rotatable bonds is 8. The van der Waals surface area contributed by atoms with Crippen LogP contribution >= 0.6 is 0 Å². The molecule has 0 rings (SSSR count). The minimum Gasteiger partial charge on any atom is -0.379 e. The van der Waals surface area contributed by atoms with Gasteiger partial charge in [-0.3, -0.25) is 0 Å². The highest BCUT2D eigenvalue weighted by Gasteiger charge is 2.21. The van der Waals surface area contributed by atoms with E-state index >= 15 is 0 Å². The molecule has 0 N–H and O–H groups in total. The van der Waals surface area contributed by atoms with Gasteiger partial charge in [0.2, 0.25) is 0 Å². The average molecular weight is 186 g/mol. The molecule has 0 heterocycles. The van der Waals surface area contributed by atoms with Crippen LogP contribution in [0, 0.1) is 0 Å². The normalized spacial score (nSPS) is 15.7. The third-order valence-electron chi connectivity index (χ3n) is 2.83. The number of ether oxygens (including phenoxy) is 1. The summed E-state index contributed by atoms with van der Waals surface area (Å²) >= 11 is 0. The highest BCUT2D eigenvalue weighted by molar-refractivity contribution is 4.73. The zero-order chi connectivity index (χ0) is 10.2. The van der Waals surface area contributed by atoms with E-state index in [9.17, 15) is 0 Å². The summed E-state index contributed by atoms with van der Waals surface area (Å²) in [6.07, 6.45) is 8.99. The van der Waals surface area contributed by atoms with E-state index in [1.165, 1.54) is 44.9 Å². The molecule has 0 amide bonds. The predicted molar refractivity (Wildman–Crippen MR) is 59.1 cm³/mol. The molecule has 0 aromatic carbocycles. The molecule has 0 fully saturated rings. The van der Waals surface area contributed by atoms with Crippen molar-refractivity contribution in [2.24, 2.45) is 0 Å². The van der Waals surface area contributed by atoms with Crippen molar-refractivity contribution in [2.75, 3.05) is 7.11 Å². The first-order chi connectivity index (χ1) is 6.18. The van der Waals surface area contributed by atoms with Gasteiger partial charge in [-0.15, -0.1) is 0 Å². The van der Waals surface area contributed by atoms with Crippen molar-refractivity contribution < 1.29 is 4.74 Å². The van der Waals surface area contributed by atoms with Crippen molar-refractivity contribution in [1.29, 1.82) is 0 Å². The smallest absolute Gasteiger partial charge is 0.0650 e. The Balaban J connectivity index is 3.57. The van der Waals surface area contributed by atoms with E-state index < -0.39 is 0 Å². The molecule has 1 unspecified atom stereocenters. The topological polar surface area (TPSA) is 9.23 Å². The van der Waals surface area contributed by atoms with Gasteiger partial charge >= 0.3 is 0 Å². The van der Waals surface area contributed by atoms with E-state index in [0.29, 0.717) is 0 Å². The molecule has 1 nitrogen and oxygen atoms in total. The number of hydrogen-bond acceptors (Lipinski definition) is 1. The van der Waals surface area contributed by atoms with Crippen molar-refractivity contribution in [1.82, 2.24) is 0 Å². The number of methoxy groups -OCH3 is 1. The van der Waals surface area contributed by atoms with Gasteiger partial charge in [-0.2, -0.15) is 0 Å². The van der Waals surface area contributed by atoms with Gasteiger partial charge in [0.05, 0.1) is 5.60 Å². The maximum atomic E-state index is 5.56. The van der Waals surface area contributed by atoms with Crippen LogP contribution in [0.3, 0.4) is 0 Å². The van der Waals surface area contributed by atoms with Gasteiger partial charge in [0, 0.05) is 7.11 Å². The van der Waals surface area contributed by atoms with Gasteiger partial charge in [0.15, 0.2) is 0 Å². The van der Waals surface area contributed by atoms with E-state index in [1.807, 2.05) is 7.11 Å². The van der Waals surface area contributed by atoms with Crippen LogP contribution < -0.4 is 0 Å². The van der Waals surface area contributed by atoms with Crippen LogP contribution in [0.15, 0.2) is 0 Å². The lowest BCUT2D eigenvalue weighted by molar-refractivity contribution is -0.0106. The fourth-order valence-electron chi connectivity index (χ4n) is 1.78. The molecule has 0 bridgehead atoms. The van der Waals surface area contributed by atoms with Crippen molar-refractivity contribution in [3.05, 3.63) is 0 Å². The third-order valence-corrected chi connectivity index (χ3v) is 2.83. The Bertz CT molecular complexity index is 112. The summed E-state index contributed by atoms with van der Waals surface area (Å²) < 4.78 is 5.56. The molecule has 0 aliphatic heterocycles. The van der Waals surface area contributed by atoms with Gasteiger partial charge in [0.25, 0.3) is 0 Å². The van der Waals surface area contributed by atoms with Gasteiger partial charge in [-0.25, -0.2) is 0 Å². The molecule has 80 valence electrons. The summed E-state index contributed by atoms with van der Waals surface area (Å²) in [6.45, 7) is 6.72. The number of unbranched alkanes of at least 4 members (excludes halogenated alkanes) is 3. The summed E-state index contributed by atoms with van der Waals surface area (Å²) in [5.74, 6) is 0. The molecule has 0 aliphatic rings. The largest absolute Gasteiger partial charge is 0.379 e. The first kappa shape index (κ1) is 13.0. The molecule has 0 aromatic rings. The van der Waals surface area contributed by atoms with Crippen molar-refractivity contribution in [2.45, 2.75) is 71.3 Å². The van der Waals surface area contributed by atoms with Crippen LogP contribution in [-0.2, 0) is 4.74 Å². The number of hydrogen-bond donors (Lipinski definition) is 0. The van der Waals surface area contributed by atoms with Gasteiger partial charge in [0.1, 0.15) is 0 Å². The fraction of sp³-hybridized carbons (Fsp3) is 1.00. The second-order valence-electron chi connectivity index (χ2n) is 4.21. The Kier molecular flexibility index (Phi) is 7.35. The lowest BCUT2D eigenvalue weighted by atomic mass is 9.93. The monoisotopic (exact) mass is 186 g/mol. The highest BCUT2D eigenvalue weighted by Crippen LogP contribution is 2.23. The summed E-state index contributed by atoms with van der Waals surface area (Å²) in [5, 5.41) is 0. The van der Waals surface area contributed by atoms with Gasteiger partial charge < -0.3 is 4.74 Å². The Labute approximate surface area is 83.9 Å². The van der Waals surface area contributed by atoms with Crippen LogP contribution in [-0.4, -0.2) is 12.7 Å². The average Bonchev–Trinajstić information content (AvgIpc) is 2.13. The Morgan fingerprint density at radius 2 is 1.62 bits per heavy atom. The van der Waals surface area contributed by atoms with E-state index in [4.69, 9.17) is 4.74 Å². The van der Waals surface area contributed by atoms with Crippen LogP contribution in [0.1, 0.15) is 65.7 Å². The fourth-order valence-corrected chi connectivity index (χ4v) is 1.78. The van der Waals surface area contributed by atoms with Crippen LogP contribution in [0.2, 0.25) is 0 Å². The summed E-state index contributed by atoms with van der Waals surface area (Å²) in [5.41, 5.74) is 0.141. The standard InChI is InChI=1S/C12H26O/c1-5-7-8-9-11-12(3,13-4)10-6-2/h5-11H2,1-4H3. The first-order valence-electron chi connectivity index (χ1n) is 5.73. The Hall–Kier alpha value is -0.0400. The quantitative estimate of drug-likeness (QED) is 0.517. The Morgan fingerprint density at radius 1 is 0.923 bits per heavy atom. The SMILES string of the molecule is CCCCCCC(C)(CCC)OC. The molecule has 0 radical (unpaired) electrons. The van der Waals surface area contributed by atoms with E-state index in [-0.39, 0.29) is 5.60 Å². The van der Waals surface area contributed by atoms with Gasteiger partial charge in [-0.1, -0.05) is 46.0 Å². The Morgan fingerprint density at radius 3 is 2.08 bits per heavy atom. The maximum absolute atomic E-state index is 5.56. The molecule has 0 aliphatic carbocycles. The predicted octanol–water partition coefficient (Wildman–Crippen LogP) is 4.16. The van der Waals surface area contributed by atoms with Crippen LogP contribution in [0.5, 0.6) is 0 Å². The molecule has 0 aromatic heterocycles. The minimum atomic E-state index is 0.141. The molecular formula is C12H26O. The van der Waals surface area contributed by atoms with Crippen molar-refractivity contribution in [3.63, 3.8) is 0 Å². The highest BCUT2D eigenvalue weighted by atomic mass is 16.5. The molecule has 1 atom stereocenters. The van der Waals surface area contributed by atoms with E-state index in [0.717, 1.165) is 0 Å². The minimum absolute atomic E-state index is 0.141. The zero-order valence-electron chi connectivity index (χ0n) is 9.86. The second kappa shape index (κ2) is 7.37. The van der Waals surface area contributed by atoms with E-state index in [2.05, 4.69) is 20.8 Å². The summed E-state index contributed by atoms with van der Waals surface area (Å²) in [7, 11) is 1.84.